The average Bonchev–Trinajstić information content (AvgIpc) is 2.62. The molecule has 0 spiro atoms. The van der Waals surface area contributed by atoms with Gasteiger partial charge in [-0.3, -0.25) is 9.78 Å². The lowest BCUT2D eigenvalue weighted by molar-refractivity contribution is -0.121. The fraction of sp³-hybridized carbons (Fsp3) is 0.368. The van der Waals surface area contributed by atoms with Crippen LogP contribution in [0.15, 0.2) is 54.9 Å². The van der Waals surface area contributed by atoms with E-state index in [-0.39, 0.29) is 11.8 Å². The Kier molecular flexibility index (Phi) is 5.37. The van der Waals surface area contributed by atoms with Crippen LogP contribution in [0.5, 0.6) is 0 Å². The molecule has 3 rings (SSSR count). The van der Waals surface area contributed by atoms with Gasteiger partial charge in [0.2, 0.25) is 5.91 Å². The zero-order chi connectivity index (χ0) is 15.9. The van der Waals surface area contributed by atoms with Crippen LogP contribution >= 0.6 is 0 Å². The van der Waals surface area contributed by atoms with E-state index in [1.807, 2.05) is 42.7 Å². The maximum atomic E-state index is 12.3. The Bertz CT molecular complexity index is 607. The molecule has 0 atom stereocenters. The van der Waals surface area contributed by atoms with Crippen LogP contribution in [0.3, 0.4) is 0 Å². The van der Waals surface area contributed by atoms with Gasteiger partial charge in [0, 0.05) is 30.5 Å². The predicted octanol–water partition coefficient (Wildman–Crippen LogP) is 2.97. The van der Waals surface area contributed by atoms with Gasteiger partial charge in [0.1, 0.15) is 0 Å². The van der Waals surface area contributed by atoms with Gasteiger partial charge in [0.05, 0.1) is 0 Å². The number of hydrogen-bond acceptors (Lipinski definition) is 3. The number of amides is 1. The summed E-state index contributed by atoms with van der Waals surface area (Å²) in [6.45, 7) is 3.05. The Morgan fingerprint density at radius 1 is 1.09 bits per heavy atom. The van der Waals surface area contributed by atoms with Crippen molar-refractivity contribution in [1.82, 2.24) is 9.88 Å². The molecule has 0 bridgehead atoms. The van der Waals surface area contributed by atoms with Crippen LogP contribution in [0.4, 0.5) is 5.69 Å². The number of hydrogen-bond donors (Lipinski definition) is 1. The molecule has 0 aliphatic carbocycles. The molecule has 23 heavy (non-hydrogen) atoms. The molecule has 1 aliphatic heterocycles. The van der Waals surface area contributed by atoms with Crippen molar-refractivity contribution in [2.75, 3.05) is 25.0 Å². The number of carbonyl (C=O) groups is 1. The zero-order valence-electron chi connectivity index (χ0n) is 13.3. The summed E-state index contributed by atoms with van der Waals surface area (Å²) in [5.74, 6) is 0.289. The first-order chi connectivity index (χ1) is 11.3. The van der Waals surface area contributed by atoms with Gasteiger partial charge in [0.25, 0.3) is 0 Å². The number of piperidine rings is 1. The number of aromatic nitrogens is 1. The molecular weight excluding hydrogens is 286 g/mol. The Morgan fingerprint density at radius 3 is 2.48 bits per heavy atom. The minimum absolute atomic E-state index is 0.132. The van der Waals surface area contributed by atoms with E-state index in [1.165, 1.54) is 5.56 Å². The van der Waals surface area contributed by atoms with Gasteiger partial charge in [-0.05, 0) is 62.2 Å². The fourth-order valence-corrected chi connectivity index (χ4v) is 3.02. The molecule has 0 radical (unpaired) electrons. The molecule has 2 heterocycles. The third-order valence-electron chi connectivity index (χ3n) is 4.47. The predicted molar refractivity (Wildman–Crippen MR) is 92.2 cm³/mol. The van der Waals surface area contributed by atoms with Gasteiger partial charge in [-0.25, -0.2) is 0 Å². The van der Waals surface area contributed by atoms with Crippen LogP contribution in [-0.4, -0.2) is 35.4 Å². The van der Waals surface area contributed by atoms with Gasteiger partial charge < -0.3 is 10.2 Å². The number of pyridine rings is 1. The number of likely N-dealkylation sites (tertiary alicyclic amines) is 1. The maximum absolute atomic E-state index is 12.3. The van der Waals surface area contributed by atoms with Crippen molar-refractivity contribution in [3.05, 3.63) is 60.4 Å². The minimum atomic E-state index is 0.132. The topological polar surface area (TPSA) is 45.2 Å². The normalized spacial score (nSPS) is 16.2. The van der Waals surface area contributed by atoms with Crippen molar-refractivity contribution in [2.24, 2.45) is 5.92 Å². The molecule has 1 amide bonds. The van der Waals surface area contributed by atoms with Crippen molar-refractivity contribution in [3.8, 4) is 0 Å². The van der Waals surface area contributed by atoms with E-state index in [2.05, 4.69) is 27.3 Å². The number of nitrogens with one attached hydrogen (secondary N) is 1. The van der Waals surface area contributed by atoms with Crippen LogP contribution in [0.2, 0.25) is 0 Å². The smallest absolute Gasteiger partial charge is 0.227 e. The van der Waals surface area contributed by atoms with Crippen molar-refractivity contribution >= 4 is 11.6 Å². The van der Waals surface area contributed by atoms with E-state index in [0.717, 1.165) is 44.6 Å². The summed E-state index contributed by atoms with van der Waals surface area (Å²) in [5, 5.41) is 3.02. The number of rotatable bonds is 5. The third kappa shape index (κ3) is 4.63. The molecule has 1 aromatic heterocycles. The molecule has 1 aliphatic rings. The summed E-state index contributed by atoms with van der Waals surface area (Å²) < 4.78 is 0. The molecule has 1 fully saturated rings. The highest BCUT2D eigenvalue weighted by molar-refractivity contribution is 5.92. The SMILES string of the molecule is O=C(Nc1ccccc1)C1CCN(CCc2ccncc2)CC1. The van der Waals surface area contributed by atoms with E-state index in [0.29, 0.717) is 0 Å². The minimum Gasteiger partial charge on any atom is -0.326 e. The summed E-state index contributed by atoms with van der Waals surface area (Å²) >= 11 is 0. The van der Waals surface area contributed by atoms with Gasteiger partial charge >= 0.3 is 0 Å². The molecule has 1 N–H and O–H groups in total. The molecular formula is C19H23N3O. The number of carbonyl (C=O) groups excluding carboxylic acids is 1. The van der Waals surface area contributed by atoms with Crippen LogP contribution in [-0.2, 0) is 11.2 Å². The van der Waals surface area contributed by atoms with E-state index >= 15 is 0 Å². The monoisotopic (exact) mass is 309 g/mol. The van der Waals surface area contributed by atoms with Crippen molar-refractivity contribution in [2.45, 2.75) is 19.3 Å². The van der Waals surface area contributed by atoms with E-state index in [1.54, 1.807) is 0 Å². The van der Waals surface area contributed by atoms with E-state index < -0.39 is 0 Å². The van der Waals surface area contributed by atoms with E-state index in [9.17, 15) is 4.79 Å². The highest BCUT2D eigenvalue weighted by Crippen LogP contribution is 2.19. The van der Waals surface area contributed by atoms with Crippen molar-refractivity contribution in [3.63, 3.8) is 0 Å². The number of anilines is 1. The average molecular weight is 309 g/mol. The lowest BCUT2D eigenvalue weighted by Gasteiger charge is -2.31. The Balaban J connectivity index is 1.42. The highest BCUT2D eigenvalue weighted by Gasteiger charge is 2.24. The summed E-state index contributed by atoms with van der Waals surface area (Å²) in [4.78, 5) is 18.8. The zero-order valence-corrected chi connectivity index (χ0v) is 13.3. The second-order valence-corrected chi connectivity index (χ2v) is 6.08. The summed E-state index contributed by atoms with van der Waals surface area (Å²) in [7, 11) is 0. The lowest BCUT2D eigenvalue weighted by Crippen LogP contribution is -2.39. The fourth-order valence-electron chi connectivity index (χ4n) is 3.02. The quantitative estimate of drug-likeness (QED) is 0.923. The Hall–Kier alpha value is -2.20. The second kappa shape index (κ2) is 7.88. The maximum Gasteiger partial charge on any atom is 0.227 e. The molecule has 1 aromatic carbocycles. The molecule has 120 valence electrons. The van der Waals surface area contributed by atoms with Crippen LogP contribution in [0.1, 0.15) is 18.4 Å². The molecule has 4 nitrogen and oxygen atoms in total. The van der Waals surface area contributed by atoms with Crippen molar-refractivity contribution < 1.29 is 4.79 Å². The number of nitrogens with zero attached hydrogens (tertiary/aromatic N) is 2. The van der Waals surface area contributed by atoms with Crippen molar-refractivity contribution in [1.29, 1.82) is 0 Å². The number of para-hydroxylation sites is 1. The van der Waals surface area contributed by atoms with Gasteiger partial charge in [-0.1, -0.05) is 18.2 Å². The lowest BCUT2D eigenvalue weighted by atomic mass is 9.95. The van der Waals surface area contributed by atoms with Gasteiger partial charge in [0.15, 0.2) is 0 Å². The standard InChI is InChI=1S/C19H23N3O/c23-19(21-18-4-2-1-3-5-18)17-9-14-22(15-10-17)13-8-16-6-11-20-12-7-16/h1-7,11-12,17H,8-10,13-15H2,(H,21,23). The van der Waals surface area contributed by atoms with Crippen LogP contribution < -0.4 is 5.32 Å². The highest BCUT2D eigenvalue weighted by atomic mass is 16.1. The van der Waals surface area contributed by atoms with Crippen LogP contribution in [0.25, 0.3) is 0 Å². The Morgan fingerprint density at radius 2 is 1.78 bits per heavy atom. The molecule has 4 heteroatoms. The summed E-state index contributed by atoms with van der Waals surface area (Å²) in [5.41, 5.74) is 2.21. The second-order valence-electron chi connectivity index (χ2n) is 6.08. The van der Waals surface area contributed by atoms with Crippen LogP contribution in [0, 0.1) is 5.92 Å². The third-order valence-corrected chi connectivity index (χ3v) is 4.47. The number of benzene rings is 1. The molecule has 1 saturated heterocycles. The van der Waals surface area contributed by atoms with Gasteiger partial charge in [-0.2, -0.15) is 0 Å². The first-order valence-corrected chi connectivity index (χ1v) is 8.28. The summed E-state index contributed by atoms with van der Waals surface area (Å²) in [6, 6.07) is 13.8. The Labute approximate surface area is 137 Å². The first kappa shape index (κ1) is 15.7. The molecule has 2 aromatic rings. The summed E-state index contributed by atoms with van der Waals surface area (Å²) in [6.07, 6.45) is 6.61. The molecule has 0 saturated carbocycles. The van der Waals surface area contributed by atoms with E-state index in [4.69, 9.17) is 0 Å². The van der Waals surface area contributed by atoms with Gasteiger partial charge in [-0.15, -0.1) is 0 Å². The largest absolute Gasteiger partial charge is 0.326 e. The first-order valence-electron chi connectivity index (χ1n) is 8.28. The molecule has 0 unspecified atom stereocenters.